The third-order valence-corrected chi connectivity index (χ3v) is 5.10. The largest absolute Gasteiger partial charge is 0.379 e. The molecule has 2 saturated heterocycles. The normalized spacial score (nSPS) is 31.0. The number of nitriles is 1. The van der Waals surface area contributed by atoms with E-state index >= 15 is 0 Å². The van der Waals surface area contributed by atoms with E-state index in [1.807, 2.05) is 0 Å². The zero-order chi connectivity index (χ0) is 12.9. The van der Waals surface area contributed by atoms with Gasteiger partial charge in [0.2, 0.25) is 0 Å². The van der Waals surface area contributed by atoms with Crippen molar-refractivity contribution in [1.29, 1.82) is 5.26 Å². The fourth-order valence-electron chi connectivity index (χ4n) is 3.97. The van der Waals surface area contributed by atoms with Gasteiger partial charge in [0.25, 0.3) is 0 Å². The molecule has 0 aromatic carbocycles. The molecule has 0 amide bonds. The molecule has 1 aliphatic carbocycles. The Morgan fingerprint density at radius 1 is 1.37 bits per heavy atom. The molecule has 1 spiro atoms. The maximum absolute atomic E-state index is 8.96. The topological polar surface area (TPSA) is 62.0 Å². The first-order valence-corrected chi connectivity index (χ1v) is 6.89. The van der Waals surface area contributed by atoms with Crippen LogP contribution in [-0.2, 0) is 4.74 Å². The van der Waals surface area contributed by atoms with Gasteiger partial charge in [-0.2, -0.15) is 5.26 Å². The van der Waals surface area contributed by atoms with E-state index in [1.165, 1.54) is 25.5 Å². The minimum atomic E-state index is 0.391. The summed E-state index contributed by atoms with van der Waals surface area (Å²) in [6.07, 6.45) is 7.23. The van der Waals surface area contributed by atoms with Gasteiger partial charge in [-0.05, 0) is 18.3 Å². The second-order valence-corrected chi connectivity index (χ2v) is 5.93. The van der Waals surface area contributed by atoms with Gasteiger partial charge in [-0.25, -0.2) is 4.98 Å². The minimum Gasteiger partial charge on any atom is -0.379 e. The molecule has 3 heterocycles. The average Bonchev–Trinajstić information content (AvgIpc) is 2.97. The predicted octanol–water partition coefficient (Wildman–Crippen LogP) is 1.35. The first-order valence-electron chi connectivity index (χ1n) is 6.89. The van der Waals surface area contributed by atoms with Crippen molar-refractivity contribution >= 4 is 5.82 Å². The molecule has 0 bridgehead atoms. The molecule has 19 heavy (non-hydrogen) atoms. The third-order valence-electron chi connectivity index (χ3n) is 5.10. The highest BCUT2D eigenvalue weighted by atomic mass is 16.5. The molecule has 2 atom stereocenters. The highest BCUT2D eigenvalue weighted by Gasteiger charge is 2.57. The molecule has 0 N–H and O–H groups in total. The Morgan fingerprint density at radius 3 is 3.00 bits per heavy atom. The summed E-state index contributed by atoms with van der Waals surface area (Å²) in [5.74, 6) is 1.47. The van der Waals surface area contributed by atoms with Crippen LogP contribution in [0.5, 0.6) is 0 Å². The second-order valence-electron chi connectivity index (χ2n) is 5.93. The van der Waals surface area contributed by atoms with Crippen molar-refractivity contribution in [3.8, 4) is 6.07 Å². The van der Waals surface area contributed by atoms with Crippen LogP contribution < -0.4 is 4.90 Å². The molecule has 0 radical (unpaired) electrons. The van der Waals surface area contributed by atoms with Gasteiger partial charge >= 0.3 is 0 Å². The maximum Gasteiger partial charge on any atom is 0.161 e. The van der Waals surface area contributed by atoms with Crippen molar-refractivity contribution in [1.82, 2.24) is 9.97 Å². The van der Waals surface area contributed by atoms with Crippen molar-refractivity contribution in [2.45, 2.75) is 25.3 Å². The molecule has 98 valence electrons. The zero-order valence-electron chi connectivity index (χ0n) is 10.7. The van der Waals surface area contributed by atoms with Crippen LogP contribution in [0.25, 0.3) is 0 Å². The Balaban J connectivity index is 1.69. The maximum atomic E-state index is 8.96. The van der Waals surface area contributed by atoms with E-state index in [4.69, 9.17) is 10.00 Å². The summed E-state index contributed by atoms with van der Waals surface area (Å²) in [5, 5.41) is 8.96. The lowest BCUT2D eigenvalue weighted by molar-refractivity contribution is 0.0672. The average molecular weight is 256 g/mol. The summed E-state index contributed by atoms with van der Waals surface area (Å²) in [5.41, 5.74) is 0.827. The van der Waals surface area contributed by atoms with Crippen LogP contribution in [0.2, 0.25) is 0 Å². The molecule has 5 nitrogen and oxygen atoms in total. The number of fused-ring (bicyclic) bond motifs is 2. The fourth-order valence-corrected chi connectivity index (χ4v) is 3.97. The van der Waals surface area contributed by atoms with Crippen LogP contribution in [0, 0.1) is 22.7 Å². The van der Waals surface area contributed by atoms with Gasteiger partial charge in [0.1, 0.15) is 11.9 Å². The molecule has 3 fully saturated rings. The summed E-state index contributed by atoms with van der Waals surface area (Å²) in [6, 6.07) is 2.49. The van der Waals surface area contributed by atoms with Crippen molar-refractivity contribution in [2.75, 3.05) is 24.7 Å². The van der Waals surface area contributed by atoms with E-state index in [0.29, 0.717) is 23.1 Å². The Morgan fingerprint density at radius 2 is 2.26 bits per heavy atom. The van der Waals surface area contributed by atoms with E-state index in [-0.39, 0.29) is 0 Å². The van der Waals surface area contributed by atoms with Crippen LogP contribution in [-0.4, -0.2) is 35.8 Å². The number of anilines is 1. The predicted molar refractivity (Wildman–Crippen MR) is 68.5 cm³/mol. The number of nitrogens with zero attached hydrogens (tertiary/aromatic N) is 4. The summed E-state index contributed by atoms with van der Waals surface area (Å²) in [6.45, 7) is 2.71. The number of aromatic nitrogens is 2. The van der Waals surface area contributed by atoms with Crippen LogP contribution in [0.4, 0.5) is 5.82 Å². The fraction of sp³-hybridized carbons (Fsp3) is 0.643. The number of rotatable bonds is 1. The Hall–Kier alpha value is -1.67. The molecule has 3 aliphatic rings. The molecule has 5 heteroatoms. The lowest BCUT2D eigenvalue weighted by Crippen LogP contribution is -2.38. The Labute approximate surface area is 112 Å². The molecule has 1 aromatic rings. The van der Waals surface area contributed by atoms with Crippen LogP contribution >= 0.6 is 0 Å². The van der Waals surface area contributed by atoms with Crippen molar-refractivity contribution in [3.63, 3.8) is 0 Å². The number of hydrogen-bond donors (Lipinski definition) is 0. The standard InChI is InChI=1S/C14H16N4O/c15-4-10-5-16-6-13(17-10)18-9-14(2-1-3-14)11-7-19-8-12(11)18/h5-6,11-12H,1-3,7-9H2/t11-,12+/m0/s1. The summed E-state index contributed by atoms with van der Waals surface area (Å²) in [7, 11) is 0. The summed E-state index contributed by atoms with van der Waals surface area (Å²) in [4.78, 5) is 10.9. The Kier molecular flexibility index (Phi) is 2.30. The van der Waals surface area contributed by atoms with Gasteiger partial charge in [0.05, 0.1) is 31.6 Å². The van der Waals surface area contributed by atoms with Crippen molar-refractivity contribution in [2.24, 2.45) is 11.3 Å². The highest BCUT2D eigenvalue weighted by molar-refractivity contribution is 5.44. The molecular formula is C14H16N4O. The first-order chi connectivity index (χ1) is 9.32. The van der Waals surface area contributed by atoms with Gasteiger partial charge in [0, 0.05) is 12.5 Å². The van der Waals surface area contributed by atoms with E-state index in [9.17, 15) is 0 Å². The van der Waals surface area contributed by atoms with Gasteiger partial charge in [0.15, 0.2) is 5.69 Å². The highest BCUT2D eigenvalue weighted by Crippen LogP contribution is 2.56. The van der Waals surface area contributed by atoms with Gasteiger partial charge in [-0.15, -0.1) is 0 Å². The van der Waals surface area contributed by atoms with Crippen LogP contribution in [0.3, 0.4) is 0 Å². The van der Waals surface area contributed by atoms with E-state index in [2.05, 4.69) is 20.9 Å². The van der Waals surface area contributed by atoms with Gasteiger partial charge in [-0.1, -0.05) is 6.42 Å². The quantitative estimate of drug-likeness (QED) is 0.759. The van der Waals surface area contributed by atoms with Crippen molar-refractivity contribution in [3.05, 3.63) is 18.1 Å². The molecule has 2 aliphatic heterocycles. The van der Waals surface area contributed by atoms with E-state index in [0.717, 1.165) is 25.6 Å². The lowest BCUT2D eigenvalue weighted by Gasteiger charge is -2.42. The molecule has 1 saturated carbocycles. The van der Waals surface area contributed by atoms with Crippen LogP contribution in [0.15, 0.2) is 12.4 Å². The first kappa shape index (κ1) is 11.2. The SMILES string of the molecule is N#Cc1cncc(N2CC3(CCC3)[C@H]3COC[C@H]32)n1. The Bertz CT molecular complexity index is 549. The minimum absolute atomic E-state index is 0.391. The van der Waals surface area contributed by atoms with Crippen molar-refractivity contribution < 1.29 is 4.74 Å². The molecule has 1 aromatic heterocycles. The summed E-state index contributed by atoms with van der Waals surface area (Å²) < 4.78 is 5.70. The lowest BCUT2D eigenvalue weighted by atomic mass is 9.62. The monoisotopic (exact) mass is 256 g/mol. The smallest absolute Gasteiger partial charge is 0.161 e. The molecule has 0 unspecified atom stereocenters. The third kappa shape index (κ3) is 1.50. The van der Waals surface area contributed by atoms with Gasteiger partial charge in [-0.3, -0.25) is 4.98 Å². The summed E-state index contributed by atoms with van der Waals surface area (Å²) >= 11 is 0. The molecule has 4 rings (SSSR count). The molecular weight excluding hydrogens is 240 g/mol. The van der Waals surface area contributed by atoms with Crippen LogP contribution in [0.1, 0.15) is 25.0 Å². The zero-order valence-corrected chi connectivity index (χ0v) is 10.7. The number of hydrogen-bond acceptors (Lipinski definition) is 5. The van der Waals surface area contributed by atoms with E-state index < -0.39 is 0 Å². The number of ether oxygens (including phenoxy) is 1. The van der Waals surface area contributed by atoms with Gasteiger partial charge < -0.3 is 9.64 Å². The van der Waals surface area contributed by atoms with E-state index in [1.54, 1.807) is 6.20 Å². The second kappa shape index (κ2) is 3.91.